The molecule has 1 saturated heterocycles. The highest BCUT2D eigenvalue weighted by Crippen LogP contribution is 2.18. The third-order valence-electron chi connectivity index (χ3n) is 3.08. The molecule has 0 aliphatic carbocycles. The summed E-state index contributed by atoms with van der Waals surface area (Å²) < 4.78 is 22.6. The van der Waals surface area contributed by atoms with Crippen molar-refractivity contribution in [3.63, 3.8) is 0 Å². The zero-order valence-corrected chi connectivity index (χ0v) is 10.7. The van der Waals surface area contributed by atoms with Gasteiger partial charge in [-0.2, -0.15) is 0 Å². The summed E-state index contributed by atoms with van der Waals surface area (Å²) in [6.45, 7) is 0.381. The Morgan fingerprint density at radius 2 is 2.11 bits per heavy atom. The Labute approximate surface area is 106 Å². The minimum Gasteiger partial charge on any atom is -0.398 e. The molecule has 6 heteroatoms. The maximum atomic E-state index is 11.8. The fraction of sp³-hybridized carbons (Fsp3) is 0.417. The van der Waals surface area contributed by atoms with E-state index in [-0.39, 0.29) is 23.3 Å². The van der Waals surface area contributed by atoms with Crippen molar-refractivity contribution in [1.29, 1.82) is 0 Å². The number of nitrogens with one attached hydrogen (secondary N) is 1. The van der Waals surface area contributed by atoms with E-state index >= 15 is 0 Å². The molecular formula is C12H16N2O3S. The molecule has 1 fully saturated rings. The zero-order valence-electron chi connectivity index (χ0n) is 9.93. The number of rotatable bonds is 3. The van der Waals surface area contributed by atoms with Crippen LogP contribution in [0.1, 0.15) is 16.8 Å². The molecular weight excluding hydrogens is 252 g/mol. The van der Waals surface area contributed by atoms with Gasteiger partial charge in [-0.05, 0) is 24.5 Å². The molecule has 0 saturated carbocycles. The summed E-state index contributed by atoms with van der Waals surface area (Å²) in [5, 5.41) is 2.74. The Balaban J connectivity index is 1.92. The molecule has 1 atom stereocenters. The quantitative estimate of drug-likeness (QED) is 0.778. The van der Waals surface area contributed by atoms with E-state index in [1.54, 1.807) is 24.3 Å². The van der Waals surface area contributed by atoms with Crippen molar-refractivity contribution in [2.24, 2.45) is 5.92 Å². The van der Waals surface area contributed by atoms with Crippen LogP contribution in [0.2, 0.25) is 0 Å². The smallest absolute Gasteiger partial charge is 0.253 e. The lowest BCUT2D eigenvalue weighted by atomic mass is 10.1. The van der Waals surface area contributed by atoms with Crippen LogP contribution in [0.5, 0.6) is 0 Å². The Kier molecular flexibility index (Phi) is 3.56. The zero-order chi connectivity index (χ0) is 13.2. The van der Waals surface area contributed by atoms with Crippen LogP contribution in [0.15, 0.2) is 24.3 Å². The second-order valence-electron chi connectivity index (χ2n) is 4.57. The molecule has 5 nitrogen and oxygen atoms in total. The number of anilines is 1. The molecule has 3 N–H and O–H groups in total. The molecule has 1 amide bonds. The summed E-state index contributed by atoms with van der Waals surface area (Å²) in [7, 11) is -2.89. The largest absolute Gasteiger partial charge is 0.398 e. The molecule has 98 valence electrons. The van der Waals surface area contributed by atoms with E-state index in [9.17, 15) is 13.2 Å². The average Bonchev–Trinajstić information content (AvgIpc) is 2.66. The van der Waals surface area contributed by atoms with Gasteiger partial charge in [0.25, 0.3) is 5.91 Å². The van der Waals surface area contributed by atoms with Crippen molar-refractivity contribution in [2.75, 3.05) is 23.8 Å². The lowest BCUT2D eigenvalue weighted by Crippen LogP contribution is -2.30. The number of para-hydroxylation sites is 1. The first kappa shape index (κ1) is 12.9. The van der Waals surface area contributed by atoms with Crippen LogP contribution in [-0.4, -0.2) is 32.4 Å². The molecule has 1 aliphatic heterocycles. The van der Waals surface area contributed by atoms with Gasteiger partial charge in [0.1, 0.15) is 0 Å². The van der Waals surface area contributed by atoms with Gasteiger partial charge in [0, 0.05) is 12.2 Å². The molecule has 2 rings (SSSR count). The Hall–Kier alpha value is -1.56. The second kappa shape index (κ2) is 4.97. The second-order valence-corrected chi connectivity index (χ2v) is 6.80. The predicted molar refractivity (Wildman–Crippen MR) is 69.9 cm³/mol. The summed E-state index contributed by atoms with van der Waals surface area (Å²) in [6, 6.07) is 6.81. The van der Waals surface area contributed by atoms with Gasteiger partial charge in [-0.1, -0.05) is 12.1 Å². The van der Waals surface area contributed by atoms with Crippen molar-refractivity contribution in [3.8, 4) is 0 Å². The lowest BCUT2D eigenvalue weighted by molar-refractivity contribution is 0.0949. The number of benzene rings is 1. The monoisotopic (exact) mass is 268 g/mol. The van der Waals surface area contributed by atoms with E-state index < -0.39 is 9.84 Å². The molecule has 0 spiro atoms. The van der Waals surface area contributed by atoms with E-state index in [0.717, 1.165) is 0 Å². The van der Waals surface area contributed by atoms with Gasteiger partial charge in [0.2, 0.25) is 0 Å². The molecule has 1 unspecified atom stereocenters. The van der Waals surface area contributed by atoms with Crippen molar-refractivity contribution >= 4 is 21.4 Å². The third kappa shape index (κ3) is 3.01. The molecule has 1 heterocycles. The number of sulfone groups is 1. The summed E-state index contributed by atoms with van der Waals surface area (Å²) in [6.07, 6.45) is 0.618. The fourth-order valence-corrected chi connectivity index (χ4v) is 3.93. The molecule has 1 aromatic carbocycles. The van der Waals surface area contributed by atoms with Crippen LogP contribution in [0.25, 0.3) is 0 Å². The van der Waals surface area contributed by atoms with Gasteiger partial charge in [-0.15, -0.1) is 0 Å². The standard InChI is InChI=1S/C12H16N2O3S/c13-11-4-2-1-3-10(11)12(15)14-7-9-5-6-18(16,17)8-9/h1-4,9H,5-8,13H2,(H,14,15). The van der Waals surface area contributed by atoms with E-state index in [4.69, 9.17) is 5.73 Å². The van der Waals surface area contributed by atoms with E-state index in [1.807, 2.05) is 0 Å². The van der Waals surface area contributed by atoms with Crippen molar-refractivity contribution in [1.82, 2.24) is 5.32 Å². The van der Waals surface area contributed by atoms with Gasteiger partial charge in [-0.3, -0.25) is 4.79 Å². The maximum Gasteiger partial charge on any atom is 0.253 e. The van der Waals surface area contributed by atoms with Crippen LogP contribution in [0, 0.1) is 5.92 Å². The van der Waals surface area contributed by atoms with Crippen molar-refractivity contribution < 1.29 is 13.2 Å². The minimum absolute atomic E-state index is 0.0175. The number of carbonyl (C=O) groups is 1. The Bertz CT molecular complexity index is 554. The van der Waals surface area contributed by atoms with E-state index in [1.165, 1.54) is 0 Å². The van der Waals surface area contributed by atoms with Crippen LogP contribution >= 0.6 is 0 Å². The number of nitrogen functional groups attached to an aromatic ring is 1. The summed E-state index contributed by atoms with van der Waals surface area (Å²) in [4.78, 5) is 11.8. The summed E-state index contributed by atoms with van der Waals surface area (Å²) >= 11 is 0. The Morgan fingerprint density at radius 3 is 2.72 bits per heavy atom. The molecule has 1 aliphatic rings. The third-order valence-corrected chi connectivity index (χ3v) is 4.92. The van der Waals surface area contributed by atoms with Crippen molar-refractivity contribution in [3.05, 3.63) is 29.8 Å². The van der Waals surface area contributed by atoms with Crippen LogP contribution in [0.3, 0.4) is 0 Å². The molecule has 18 heavy (non-hydrogen) atoms. The number of hydrogen-bond donors (Lipinski definition) is 2. The molecule has 1 aromatic rings. The fourth-order valence-electron chi connectivity index (χ4n) is 2.07. The first-order chi connectivity index (χ1) is 8.48. The summed E-state index contributed by atoms with van der Waals surface area (Å²) in [5.74, 6) is 0.153. The van der Waals surface area contributed by atoms with Gasteiger partial charge in [-0.25, -0.2) is 8.42 Å². The van der Waals surface area contributed by atoms with Gasteiger partial charge < -0.3 is 11.1 Å². The first-order valence-electron chi connectivity index (χ1n) is 5.81. The van der Waals surface area contributed by atoms with Gasteiger partial charge in [0.05, 0.1) is 17.1 Å². The van der Waals surface area contributed by atoms with Gasteiger partial charge in [0.15, 0.2) is 9.84 Å². The Morgan fingerprint density at radius 1 is 1.39 bits per heavy atom. The van der Waals surface area contributed by atoms with Crippen LogP contribution in [0.4, 0.5) is 5.69 Å². The number of nitrogens with two attached hydrogens (primary N) is 1. The topological polar surface area (TPSA) is 89.3 Å². The van der Waals surface area contributed by atoms with E-state index in [2.05, 4.69) is 5.32 Å². The predicted octanol–water partition coefficient (Wildman–Crippen LogP) is 0.433. The van der Waals surface area contributed by atoms with Crippen LogP contribution < -0.4 is 11.1 Å². The van der Waals surface area contributed by atoms with E-state index in [0.29, 0.717) is 24.2 Å². The molecule has 0 radical (unpaired) electrons. The highest BCUT2D eigenvalue weighted by Gasteiger charge is 2.28. The average molecular weight is 268 g/mol. The number of carbonyl (C=O) groups excluding carboxylic acids is 1. The first-order valence-corrected chi connectivity index (χ1v) is 7.63. The lowest BCUT2D eigenvalue weighted by Gasteiger charge is -2.10. The highest BCUT2D eigenvalue weighted by molar-refractivity contribution is 7.91. The SMILES string of the molecule is Nc1ccccc1C(=O)NCC1CCS(=O)(=O)C1. The van der Waals surface area contributed by atoms with Crippen LogP contribution in [-0.2, 0) is 9.84 Å². The highest BCUT2D eigenvalue weighted by atomic mass is 32.2. The number of amides is 1. The summed E-state index contributed by atoms with van der Waals surface area (Å²) in [5.41, 5.74) is 6.55. The van der Waals surface area contributed by atoms with Gasteiger partial charge >= 0.3 is 0 Å². The normalized spacial score (nSPS) is 21.7. The molecule has 0 aromatic heterocycles. The minimum atomic E-state index is -2.89. The maximum absolute atomic E-state index is 11.8. The van der Waals surface area contributed by atoms with Crippen molar-refractivity contribution in [2.45, 2.75) is 6.42 Å². The number of hydrogen-bond acceptors (Lipinski definition) is 4. The molecule has 0 bridgehead atoms.